The Balaban J connectivity index is -0.00000223. The van der Waals surface area contributed by atoms with Crippen LogP contribution in [0, 0.1) is 0 Å². The van der Waals surface area contributed by atoms with Crippen LogP contribution in [0.1, 0.15) is 22.3 Å². The van der Waals surface area contributed by atoms with Crippen LogP contribution in [0.2, 0.25) is 10.6 Å². The molecule has 4 heterocycles. The zero-order chi connectivity index (χ0) is 91.0. The third-order valence-corrected chi connectivity index (χ3v) is 20.8. The van der Waals surface area contributed by atoms with Crippen molar-refractivity contribution in [3.05, 3.63) is 106 Å². The number of nitrogens with one attached hydrogen (secondary N) is 10. The first-order valence-electron chi connectivity index (χ1n) is 34.2. The van der Waals surface area contributed by atoms with Gasteiger partial charge in [0.1, 0.15) is 40.5 Å². The number of anilines is 14. The van der Waals surface area contributed by atoms with Crippen LogP contribution in [-0.2, 0) is 95.2 Å². The maximum atomic E-state index is 12.4. The number of hydrogen-bond acceptors (Lipinski definition) is 53. The molecule has 0 aliphatic heterocycles. The summed E-state index contributed by atoms with van der Waals surface area (Å²) in [6.45, 7) is 0.225. The van der Waals surface area contributed by atoms with E-state index in [2.05, 4.69) is 113 Å². The number of ether oxygens (including phenoxy) is 3. The fourth-order valence-electron chi connectivity index (χ4n) is 9.10. The minimum absolute atomic E-state index is 0. The van der Waals surface area contributed by atoms with Crippen LogP contribution in [-0.4, -0.2) is 307 Å². The second-order valence-corrected chi connectivity index (χ2v) is 35.7. The number of aliphatic hydroxyl groups is 3. The Labute approximate surface area is 938 Å². The summed E-state index contributed by atoms with van der Waals surface area (Å²) in [6.07, 6.45) is 4.25. The zero-order valence-electron chi connectivity index (χ0n) is 70.7. The van der Waals surface area contributed by atoms with E-state index in [1.165, 1.54) is 36.4 Å². The predicted octanol–water partition coefficient (Wildman–Crippen LogP) is -26.0. The smallest absolute Gasteiger partial charge is 0.748 e. The molecule has 4 aromatic heterocycles. The summed E-state index contributed by atoms with van der Waals surface area (Å²) in [4.78, 5) is 44.3. The van der Waals surface area contributed by atoms with Gasteiger partial charge in [0.15, 0.2) is 0 Å². The Bertz CT molecular complexity index is 5680. The van der Waals surface area contributed by atoms with Gasteiger partial charge < -0.3 is 125 Å². The van der Waals surface area contributed by atoms with Crippen molar-refractivity contribution >= 4 is 211 Å². The molecule has 0 spiro atoms. The number of aliphatic hydroxyl groups excluding tert-OH is 3. The molecule has 4 aromatic carbocycles. The van der Waals surface area contributed by atoms with Crippen molar-refractivity contribution in [2.75, 3.05) is 181 Å². The van der Waals surface area contributed by atoms with Crippen LogP contribution < -0.4 is 295 Å². The molecule has 15 N–H and O–H groups in total. The van der Waals surface area contributed by atoms with Crippen molar-refractivity contribution in [3.8, 4) is 0 Å². The van der Waals surface area contributed by atoms with Crippen LogP contribution >= 0.6 is 23.2 Å². The van der Waals surface area contributed by atoms with Gasteiger partial charge >= 0.3 is 236 Å². The van der Waals surface area contributed by atoms with Gasteiger partial charge in [0.25, 0.3) is 0 Å². The van der Waals surface area contributed by atoms with Crippen LogP contribution in [0.5, 0.6) is 0 Å². The van der Waals surface area contributed by atoms with Crippen LogP contribution in [0.4, 0.5) is 82.2 Å². The Hall–Kier alpha value is -2.02. The molecule has 0 saturated carbocycles. The van der Waals surface area contributed by atoms with E-state index < -0.39 is 124 Å². The number of halogens is 2. The molecule has 131 heavy (non-hydrogen) atoms. The number of aromatic nitrogens is 12. The fraction of sp³-hybridized carbons (Fsp3) is 0.333. The van der Waals surface area contributed by atoms with Gasteiger partial charge in [-0.3, -0.25) is 0 Å². The van der Waals surface area contributed by atoms with Crippen molar-refractivity contribution in [1.29, 1.82) is 0 Å². The zero-order valence-corrected chi connectivity index (χ0v) is 94.8. The first kappa shape index (κ1) is 133. The van der Waals surface area contributed by atoms with E-state index in [1.54, 1.807) is 0 Å². The average Bonchev–Trinajstić information content (AvgIpc) is 0.798. The van der Waals surface area contributed by atoms with Gasteiger partial charge in [-0.1, -0.05) is 48.6 Å². The molecule has 8 rings (SSSR count). The van der Waals surface area contributed by atoms with E-state index in [4.69, 9.17) is 58.5 Å². The minimum atomic E-state index is -5.24. The molecule has 71 heteroatoms. The molecule has 0 radical (unpaired) electrons. The molecule has 0 bridgehead atoms. The summed E-state index contributed by atoms with van der Waals surface area (Å²) in [6, 6.07) is 13.5. The third kappa shape index (κ3) is 54.0. The largest absolute Gasteiger partial charge is 1.00 e. The maximum Gasteiger partial charge on any atom is 1.00 e. The van der Waals surface area contributed by atoms with E-state index in [1.807, 2.05) is 0 Å². The quantitative estimate of drug-likeness (QED) is 0.00729. The standard InChI is InChI=1S/C32H44N12O16S4.C24H24Cl2N10O12S4.C4H11NO2.8Na/c45-11-15-59-13-7-33-27-39-29(35-9-17-61(47,48)49)43-31(41-27)37-23-5-3-21(25(19-23)63(53,54)55)1-2-22-4-6-24(20-26(22)64(56,57)58)38-32-42-28(34-8-14-60-16-12-46)40-30(44-32)36-10-18-62(50,51)52;25-19-31-21(27-7-9-49(37,38)39)35-23(33-19)29-15-5-3-13(17(11-15)51(43,44)45)1-2-14-4-6-16(12-18(14)52(46,47)48)30-24-34-20(26)32-22(36-24)28-8-10-50(40,41)42;5-1-3-7-4-2-6;;;;;;;;/h1-6,19-20,45-46H,7-18H2,(H,47,48,49)(H,50,51,52)(H,53,54,55)(H,56,57,58)(H3,33,35,37,39,41,43)(H3,34,36,38,40,42,44);1-6,11-12H,7-10H2,(H,37,38,39)(H,40,41,42)(H,43,44,45)(H,46,47,48)(H2,27,29,31,33,35)(H2,28,30,32,34,36);6H,1-5H2;;;;;;;;/q;;;8*+1/p-8. The van der Waals surface area contributed by atoms with Gasteiger partial charge in [0.05, 0.1) is 143 Å². The monoisotopic (exact) mass is 2100 g/mol. The van der Waals surface area contributed by atoms with Crippen LogP contribution in [0.15, 0.2) is 92.4 Å². The summed E-state index contributed by atoms with van der Waals surface area (Å²) in [5, 5.41) is 51.4. The molecule has 0 amide bonds. The van der Waals surface area contributed by atoms with Gasteiger partial charge in [-0.15, -0.1) is 0 Å². The number of rotatable bonds is 48. The fourth-order valence-corrected chi connectivity index (χ4v) is 13.6. The van der Waals surface area contributed by atoms with Gasteiger partial charge in [-0.05, 0) is 94.0 Å². The Kier molecular flexibility index (Phi) is 65.5. The summed E-state index contributed by atoms with van der Waals surface area (Å²) in [5.41, 5.74) is 3.93. The van der Waals surface area contributed by atoms with Gasteiger partial charge in [-0.2, -0.15) is 59.8 Å². The van der Waals surface area contributed by atoms with Gasteiger partial charge in [0, 0.05) is 68.6 Å². The van der Waals surface area contributed by atoms with Crippen molar-refractivity contribution < 1.29 is 370 Å². The van der Waals surface area contributed by atoms with Crippen molar-refractivity contribution in [2.45, 2.75) is 19.6 Å². The van der Waals surface area contributed by atoms with E-state index in [0.717, 1.165) is 60.7 Å². The Morgan fingerprint density at radius 1 is 0.290 bits per heavy atom. The number of nitrogens with zero attached hydrogens (tertiary/aromatic N) is 12. The minimum Gasteiger partial charge on any atom is -0.748 e. The maximum absolute atomic E-state index is 12.4. The average molecular weight is 2110 g/mol. The number of hydrogen-bond donors (Lipinski definition) is 14. The topological polar surface area (TPSA) is 847 Å². The molecule has 0 unspecified atom stereocenters. The molecule has 0 aliphatic carbocycles. The summed E-state index contributed by atoms with van der Waals surface area (Å²) < 4.78 is 294. The van der Waals surface area contributed by atoms with E-state index in [9.17, 15) is 104 Å². The number of benzene rings is 4. The first-order chi connectivity index (χ1) is 57.6. The van der Waals surface area contributed by atoms with Crippen molar-refractivity contribution in [1.82, 2.24) is 59.8 Å². The second-order valence-electron chi connectivity index (χ2n) is 23.5. The molecule has 0 atom stereocenters. The predicted molar refractivity (Wildman–Crippen MR) is 430 cm³/mol. The number of nitrogens with two attached hydrogens (primary N) is 1. The first-order valence-corrected chi connectivity index (χ1v) is 46.9. The van der Waals surface area contributed by atoms with Gasteiger partial charge in [0.2, 0.25) is 70.1 Å². The third-order valence-electron chi connectivity index (χ3n) is 14.1. The Morgan fingerprint density at radius 3 is 0.687 bits per heavy atom. The molecule has 676 valence electrons. The summed E-state index contributed by atoms with van der Waals surface area (Å²) in [7, 11) is -39.1. The van der Waals surface area contributed by atoms with Gasteiger partial charge in [-0.25, -0.2) is 67.3 Å². The SMILES string of the molecule is NCCOCCO.O=S(=O)([O-])CCNc1nc(Cl)nc(Nc2ccc(C=Cc3ccc(Nc4nc(Cl)nc(NCCS(=O)(=O)[O-])n4)cc3S(=O)(=O)[O-])c(S(=O)(=O)[O-])c2)n1.O=S(=O)([O-])CCNc1nc(NCCOCCO)nc(Nc2ccc(C=Cc3ccc(Nc4nc(NCCOCCO)nc(NCCS(=O)(=O)[O-])n4)cc3S(=O)(=O)[O-])c(S(=O)(=O)[O-])c2)n1.[Na+].[Na+].[Na+].[Na+].[Na+].[Na+].[Na+].[Na+]. The normalized spacial score (nSPS) is 11.5. The molecular formula is C60H71Cl2N23Na8O30S8. The molecule has 53 nitrogen and oxygen atoms in total. The van der Waals surface area contributed by atoms with Crippen LogP contribution in [0.25, 0.3) is 24.3 Å². The second kappa shape index (κ2) is 64.4. The molecule has 0 saturated heterocycles. The Morgan fingerprint density at radius 2 is 0.481 bits per heavy atom. The summed E-state index contributed by atoms with van der Waals surface area (Å²) >= 11 is 11.7. The summed E-state index contributed by atoms with van der Waals surface area (Å²) in [5.74, 6) is -5.29. The molecule has 0 fully saturated rings. The van der Waals surface area contributed by atoms with Crippen molar-refractivity contribution in [2.24, 2.45) is 5.73 Å². The van der Waals surface area contributed by atoms with E-state index in [0.29, 0.717) is 19.8 Å². The molecular weight excluding hydrogens is 2030 g/mol. The van der Waals surface area contributed by atoms with Crippen LogP contribution in [0.3, 0.4) is 0 Å². The van der Waals surface area contributed by atoms with E-state index >= 15 is 0 Å². The van der Waals surface area contributed by atoms with Crippen molar-refractivity contribution in [3.63, 3.8) is 0 Å². The van der Waals surface area contributed by atoms with E-state index in [-0.39, 0.29) is 437 Å². The molecule has 8 aromatic rings. The molecule has 0 aliphatic rings.